The van der Waals surface area contributed by atoms with Crippen LogP contribution >= 0.6 is 0 Å². The number of alkyl halides is 3. The van der Waals surface area contributed by atoms with Gasteiger partial charge in [-0.2, -0.15) is 13.2 Å². The van der Waals surface area contributed by atoms with E-state index in [1.807, 2.05) is 0 Å². The van der Waals surface area contributed by atoms with Gasteiger partial charge in [0.05, 0.1) is 6.26 Å². The first-order valence-corrected chi connectivity index (χ1v) is 3.21. The fraction of sp³-hybridized carbons (Fsp3) is 0.429. The topological polar surface area (TPSA) is 33.4 Å². The van der Waals surface area contributed by atoms with Crippen LogP contribution in [0.4, 0.5) is 13.2 Å². The minimum absolute atomic E-state index is 0.0832. The van der Waals surface area contributed by atoms with Crippen LogP contribution in [0.3, 0.4) is 0 Å². The van der Waals surface area contributed by atoms with Gasteiger partial charge in [0, 0.05) is 5.56 Å². The van der Waals surface area contributed by atoms with Gasteiger partial charge in [-0.25, -0.2) is 0 Å². The van der Waals surface area contributed by atoms with Gasteiger partial charge in [-0.05, 0) is 13.0 Å². The van der Waals surface area contributed by atoms with E-state index in [-0.39, 0.29) is 11.3 Å². The summed E-state index contributed by atoms with van der Waals surface area (Å²) in [6.45, 7) is 1.37. The van der Waals surface area contributed by atoms with Crippen molar-refractivity contribution in [2.24, 2.45) is 0 Å². The second kappa shape index (κ2) is 2.82. The monoisotopic (exact) mass is 180 g/mol. The van der Waals surface area contributed by atoms with E-state index in [0.717, 1.165) is 12.3 Å². The van der Waals surface area contributed by atoms with Gasteiger partial charge >= 0.3 is 6.18 Å². The lowest BCUT2D eigenvalue weighted by Crippen LogP contribution is -2.20. The number of furan rings is 1. The van der Waals surface area contributed by atoms with E-state index in [9.17, 15) is 13.2 Å². The Hall–Kier alpha value is -0.970. The molecule has 0 aromatic carbocycles. The Balaban J connectivity index is 2.92. The molecule has 1 atom stereocenters. The lowest BCUT2D eigenvalue weighted by molar-refractivity contribution is -0.207. The van der Waals surface area contributed by atoms with Gasteiger partial charge in [0.25, 0.3) is 0 Å². The van der Waals surface area contributed by atoms with Crippen LogP contribution in [-0.2, 0) is 0 Å². The van der Waals surface area contributed by atoms with E-state index in [1.165, 1.54) is 6.92 Å². The largest absolute Gasteiger partial charge is 0.469 e. The van der Waals surface area contributed by atoms with E-state index in [2.05, 4.69) is 4.42 Å². The van der Waals surface area contributed by atoms with Crippen molar-refractivity contribution < 1.29 is 22.7 Å². The summed E-state index contributed by atoms with van der Waals surface area (Å²) in [5.41, 5.74) is -0.234. The van der Waals surface area contributed by atoms with Gasteiger partial charge in [-0.15, -0.1) is 0 Å². The Bertz CT molecular complexity index is 264. The van der Waals surface area contributed by atoms with Crippen LogP contribution in [0.5, 0.6) is 0 Å². The van der Waals surface area contributed by atoms with Gasteiger partial charge in [0.15, 0.2) is 6.10 Å². The molecule has 0 unspecified atom stereocenters. The standard InChI is InChI=1S/C7H7F3O2/c1-4-5(2-3-12-4)6(11)7(8,9)10/h2-3,6,11H,1H3/t6-/m1/s1. The molecule has 0 saturated carbocycles. The summed E-state index contributed by atoms with van der Waals surface area (Å²) >= 11 is 0. The normalized spacial score (nSPS) is 14.8. The van der Waals surface area contributed by atoms with Crippen molar-refractivity contribution in [2.75, 3.05) is 0 Å². The number of rotatable bonds is 1. The Morgan fingerprint density at radius 2 is 2.08 bits per heavy atom. The third kappa shape index (κ3) is 1.61. The van der Waals surface area contributed by atoms with Crippen LogP contribution in [0.1, 0.15) is 17.4 Å². The van der Waals surface area contributed by atoms with Gasteiger partial charge in [0.2, 0.25) is 0 Å². The lowest BCUT2D eigenvalue weighted by atomic mass is 10.1. The van der Waals surface area contributed by atoms with Crippen LogP contribution in [0.2, 0.25) is 0 Å². The van der Waals surface area contributed by atoms with E-state index in [1.54, 1.807) is 0 Å². The second-order valence-electron chi connectivity index (χ2n) is 2.38. The molecule has 0 spiro atoms. The van der Waals surface area contributed by atoms with Gasteiger partial charge in [-0.1, -0.05) is 0 Å². The first-order valence-electron chi connectivity index (χ1n) is 3.21. The number of aliphatic hydroxyl groups excluding tert-OH is 1. The Morgan fingerprint density at radius 3 is 2.42 bits per heavy atom. The highest BCUT2D eigenvalue weighted by atomic mass is 19.4. The highest BCUT2D eigenvalue weighted by Crippen LogP contribution is 2.34. The molecule has 1 N–H and O–H groups in total. The number of hydrogen-bond donors (Lipinski definition) is 1. The van der Waals surface area contributed by atoms with E-state index in [4.69, 9.17) is 5.11 Å². The number of halogens is 3. The molecule has 0 bridgehead atoms. The molecule has 0 aliphatic rings. The maximum absolute atomic E-state index is 11.9. The summed E-state index contributed by atoms with van der Waals surface area (Å²) in [6.07, 6.45) is -5.97. The van der Waals surface area contributed by atoms with Crippen molar-refractivity contribution >= 4 is 0 Å². The van der Waals surface area contributed by atoms with Gasteiger partial charge in [-0.3, -0.25) is 0 Å². The fourth-order valence-electron chi connectivity index (χ4n) is 0.855. The molecular formula is C7H7F3O2. The Morgan fingerprint density at radius 1 is 1.50 bits per heavy atom. The van der Waals surface area contributed by atoms with Gasteiger partial charge < -0.3 is 9.52 Å². The Labute approximate surface area is 66.6 Å². The molecule has 12 heavy (non-hydrogen) atoms. The van der Waals surface area contributed by atoms with Crippen molar-refractivity contribution in [3.8, 4) is 0 Å². The molecule has 0 aliphatic carbocycles. The molecule has 0 radical (unpaired) electrons. The highest BCUT2D eigenvalue weighted by Gasteiger charge is 2.40. The molecule has 1 aromatic rings. The van der Waals surface area contributed by atoms with Gasteiger partial charge in [0.1, 0.15) is 5.76 Å². The van der Waals surface area contributed by atoms with Crippen LogP contribution in [0.25, 0.3) is 0 Å². The first-order chi connectivity index (χ1) is 5.43. The smallest absolute Gasteiger partial charge is 0.418 e. The third-order valence-electron chi connectivity index (χ3n) is 1.50. The van der Waals surface area contributed by atoms with Crippen molar-refractivity contribution in [1.29, 1.82) is 0 Å². The second-order valence-corrected chi connectivity index (χ2v) is 2.38. The van der Waals surface area contributed by atoms with E-state index >= 15 is 0 Å². The molecule has 0 saturated heterocycles. The summed E-state index contributed by atoms with van der Waals surface area (Å²) in [5.74, 6) is 0.0832. The number of hydrogen-bond acceptors (Lipinski definition) is 2. The van der Waals surface area contributed by atoms with Crippen LogP contribution in [0.15, 0.2) is 16.7 Å². The maximum atomic E-state index is 11.9. The molecule has 2 nitrogen and oxygen atoms in total. The fourth-order valence-corrected chi connectivity index (χ4v) is 0.855. The minimum Gasteiger partial charge on any atom is -0.469 e. The molecule has 1 aromatic heterocycles. The SMILES string of the molecule is Cc1occc1[C@@H](O)C(F)(F)F. The van der Waals surface area contributed by atoms with E-state index < -0.39 is 12.3 Å². The predicted molar refractivity (Wildman–Crippen MR) is 34.5 cm³/mol. The summed E-state index contributed by atoms with van der Waals surface area (Å²) in [4.78, 5) is 0. The van der Waals surface area contributed by atoms with Crippen molar-refractivity contribution in [1.82, 2.24) is 0 Å². The molecular weight excluding hydrogens is 173 g/mol. The molecule has 5 heteroatoms. The summed E-state index contributed by atoms with van der Waals surface area (Å²) in [7, 11) is 0. The quantitative estimate of drug-likeness (QED) is 0.718. The molecule has 0 aliphatic heterocycles. The average molecular weight is 180 g/mol. The third-order valence-corrected chi connectivity index (χ3v) is 1.50. The van der Waals surface area contributed by atoms with Crippen LogP contribution in [0, 0.1) is 6.92 Å². The Kier molecular flexibility index (Phi) is 2.14. The summed E-state index contributed by atoms with van der Waals surface area (Å²) in [5, 5.41) is 8.74. The van der Waals surface area contributed by atoms with Crippen molar-refractivity contribution in [3.63, 3.8) is 0 Å². The number of aliphatic hydroxyl groups is 1. The first kappa shape index (κ1) is 9.12. The predicted octanol–water partition coefficient (Wildman–Crippen LogP) is 2.18. The molecule has 68 valence electrons. The highest BCUT2D eigenvalue weighted by molar-refractivity contribution is 5.19. The van der Waals surface area contributed by atoms with Crippen molar-refractivity contribution in [2.45, 2.75) is 19.2 Å². The average Bonchev–Trinajstić information content (AvgIpc) is 2.31. The number of aryl methyl sites for hydroxylation is 1. The van der Waals surface area contributed by atoms with Crippen LogP contribution < -0.4 is 0 Å². The summed E-state index contributed by atoms with van der Waals surface area (Å²) in [6, 6.07) is 1.10. The molecule has 0 fully saturated rings. The summed E-state index contributed by atoms with van der Waals surface area (Å²) < 4.78 is 40.3. The van der Waals surface area contributed by atoms with Crippen LogP contribution in [-0.4, -0.2) is 11.3 Å². The molecule has 0 amide bonds. The van der Waals surface area contributed by atoms with E-state index in [0.29, 0.717) is 0 Å². The molecule has 1 rings (SSSR count). The molecule has 1 heterocycles. The van der Waals surface area contributed by atoms with Crippen molar-refractivity contribution in [3.05, 3.63) is 23.7 Å². The zero-order valence-corrected chi connectivity index (χ0v) is 6.22. The zero-order valence-electron chi connectivity index (χ0n) is 6.22. The zero-order chi connectivity index (χ0) is 9.35. The lowest BCUT2D eigenvalue weighted by Gasteiger charge is -2.12. The maximum Gasteiger partial charge on any atom is 0.418 e. The minimum atomic E-state index is -4.63.